The molecule has 59 heavy (non-hydrogen) atoms. The van der Waals surface area contributed by atoms with Gasteiger partial charge in [0.15, 0.2) is 0 Å². The van der Waals surface area contributed by atoms with E-state index >= 15 is 0 Å². The van der Waals surface area contributed by atoms with Gasteiger partial charge in [-0.1, -0.05) is 141 Å². The third kappa shape index (κ3) is 5.39. The summed E-state index contributed by atoms with van der Waals surface area (Å²) in [5, 5.41) is 7.53. The summed E-state index contributed by atoms with van der Waals surface area (Å²) in [5.74, 6) is 0. The molecule has 0 radical (unpaired) electrons. The quantitative estimate of drug-likeness (QED) is 0.149. The molecule has 0 spiro atoms. The Hall–Kier alpha value is -6.62. The summed E-state index contributed by atoms with van der Waals surface area (Å²) < 4.78 is 19.1. The van der Waals surface area contributed by atoms with Crippen molar-refractivity contribution in [2.75, 3.05) is 9.80 Å². The van der Waals surface area contributed by atoms with Crippen LogP contribution in [0.4, 0.5) is 34.1 Å². The van der Waals surface area contributed by atoms with E-state index in [9.17, 15) is 0 Å². The second-order valence-corrected chi connectivity index (χ2v) is 22.9. The molecule has 0 fully saturated rings. The lowest BCUT2D eigenvalue weighted by Crippen LogP contribution is -2.37. The first-order valence-electron chi connectivity index (χ1n) is 21.7. The fourth-order valence-corrected chi connectivity index (χ4v) is 11.0. The van der Waals surface area contributed by atoms with E-state index in [-0.39, 0.29) is 5.41 Å². The van der Waals surface area contributed by atoms with Crippen LogP contribution in [0.15, 0.2) is 176 Å². The van der Waals surface area contributed by atoms with E-state index in [4.69, 9.17) is 2.74 Å². The topological polar surface area (TPSA) is 10.9 Å². The predicted molar refractivity (Wildman–Crippen MR) is 256 cm³/mol. The van der Waals surface area contributed by atoms with Gasteiger partial charge in [-0.25, -0.2) is 0 Å². The van der Waals surface area contributed by atoms with Gasteiger partial charge in [-0.05, 0) is 108 Å². The molecule has 11 rings (SSSR count). The first-order chi connectivity index (χ1) is 29.4. The van der Waals surface area contributed by atoms with Gasteiger partial charge in [0.25, 0.3) is 0 Å². The highest BCUT2D eigenvalue weighted by Gasteiger charge is 2.42. The monoisotopic (exact) mass is 779 g/mol. The zero-order valence-electron chi connectivity index (χ0n) is 36.4. The van der Waals surface area contributed by atoms with Gasteiger partial charge in [0, 0.05) is 55.6 Å². The maximum absolute atomic E-state index is 8.38. The standard InChI is InChI=1S/C55H47N3Si/c1-36-21-24-41(25-22-36)56(39-15-9-7-10-16-39)43-26-23-37-34-47-45-31-32-49(57(40-17-11-8-12-18-40)42-27-29-44(30-28-42)59(4,5)6)51-52-54(46-19-13-14-20-48(46)55(52,2)3)58(53(45)51)50(47)35-38(37)33-43/h7-35H,1-6H3/i7D,8D. The van der Waals surface area contributed by atoms with Gasteiger partial charge in [0.05, 0.1) is 33.2 Å². The first kappa shape index (κ1) is 33.4. The van der Waals surface area contributed by atoms with Gasteiger partial charge in [-0.3, -0.25) is 0 Å². The third-order valence-electron chi connectivity index (χ3n) is 12.7. The number of aryl methyl sites for hydroxylation is 1. The van der Waals surface area contributed by atoms with Crippen LogP contribution in [-0.2, 0) is 5.41 Å². The third-order valence-corrected chi connectivity index (χ3v) is 14.8. The van der Waals surface area contributed by atoms with Crippen LogP contribution in [0.5, 0.6) is 0 Å². The van der Waals surface area contributed by atoms with Crippen molar-refractivity contribution in [2.45, 2.75) is 45.8 Å². The lowest BCUT2D eigenvalue weighted by molar-refractivity contribution is 0.666. The van der Waals surface area contributed by atoms with Crippen molar-refractivity contribution in [1.29, 1.82) is 0 Å². The molecule has 0 amide bonds. The second kappa shape index (κ2) is 12.9. The number of aromatic nitrogens is 1. The van der Waals surface area contributed by atoms with Gasteiger partial charge >= 0.3 is 0 Å². The minimum Gasteiger partial charge on any atom is -0.310 e. The molecule has 4 heteroatoms. The molecule has 1 aliphatic rings. The summed E-state index contributed by atoms with van der Waals surface area (Å²) in [7, 11) is -1.53. The van der Waals surface area contributed by atoms with Gasteiger partial charge in [-0.15, -0.1) is 0 Å². The van der Waals surface area contributed by atoms with Crippen LogP contribution in [0, 0.1) is 6.92 Å². The van der Waals surface area contributed by atoms with Crippen LogP contribution < -0.4 is 15.0 Å². The fraction of sp³-hybridized carbons (Fsp3) is 0.127. The minimum atomic E-state index is -1.53. The van der Waals surface area contributed by atoms with E-state index in [1.807, 2.05) is 36.4 Å². The van der Waals surface area contributed by atoms with E-state index in [1.165, 1.54) is 71.1 Å². The Morgan fingerprint density at radius 3 is 1.86 bits per heavy atom. The molecule has 1 aliphatic carbocycles. The van der Waals surface area contributed by atoms with Crippen molar-refractivity contribution in [3.05, 3.63) is 193 Å². The smallest absolute Gasteiger partial charge is 0.0775 e. The summed E-state index contributed by atoms with van der Waals surface area (Å²) in [6.07, 6.45) is 0. The van der Waals surface area contributed by atoms with Crippen LogP contribution in [0.2, 0.25) is 19.6 Å². The average molecular weight is 780 g/mol. The van der Waals surface area contributed by atoms with Crippen LogP contribution in [0.25, 0.3) is 49.2 Å². The lowest BCUT2D eigenvalue weighted by Gasteiger charge is -2.29. The molecule has 286 valence electrons. The molecule has 10 aromatic rings. The molecule has 0 unspecified atom stereocenters. The zero-order chi connectivity index (χ0) is 41.9. The zero-order valence-corrected chi connectivity index (χ0v) is 35.4. The maximum Gasteiger partial charge on any atom is 0.0775 e. The van der Waals surface area contributed by atoms with Crippen molar-refractivity contribution in [3.63, 3.8) is 0 Å². The molecule has 0 atom stereocenters. The van der Waals surface area contributed by atoms with Gasteiger partial charge in [0.2, 0.25) is 0 Å². The molecule has 0 saturated heterocycles. The van der Waals surface area contributed by atoms with Crippen molar-refractivity contribution in [2.24, 2.45) is 0 Å². The van der Waals surface area contributed by atoms with Gasteiger partial charge in [0.1, 0.15) is 0 Å². The van der Waals surface area contributed by atoms with Crippen molar-refractivity contribution >= 4 is 85.3 Å². The molecule has 2 heterocycles. The number of benzene rings is 8. The van der Waals surface area contributed by atoms with E-state index in [1.54, 1.807) is 0 Å². The Balaban J connectivity index is 1.20. The van der Waals surface area contributed by atoms with E-state index in [2.05, 4.69) is 182 Å². The highest BCUT2D eigenvalue weighted by Crippen LogP contribution is 2.58. The van der Waals surface area contributed by atoms with Crippen LogP contribution in [0.3, 0.4) is 0 Å². The van der Waals surface area contributed by atoms with Crippen molar-refractivity contribution in [3.8, 4) is 11.3 Å². The number of anilines is 6. The van der Waals surface area contributed by atoms with Crippen LogP contribution in [-0.4, -0.2) is 12.5 Å². The molecule has 0 saturated carbocycles. The fourth-order valence-electron chi connectivity index (χ4n) is 9.82. The Labute approximate surface area is 350 Å². The molecule has 0 N–H and O–H groups in total. The Morgan fingerprint density at radius 1 is 0.559 bits per heavy atom. The molecule has 8 aromatic carbocycles. The number of para-hydroxylation sites is 2. The molecule has 0 bridgehead atoms. The normalized spacial score (nSPS) is 13.9. The number of rotatable bonds is 7. The van der Waals surface area contributed by atoms with Crippen LogP contribution in [0.1, 0.15) is 33.3 Å². The summed E-state index contributed by atoms with van der Waals surface area (Å²) in [4.78, 5) is 4.70. The highest BCUT2D eigenvalue weighted by atomic mass is 28.3. The first-order valence-corrected chi connectivity index (χ1v) is 24.2. The molecule has 0 aliphatic heterocycles. The lowest BCUT2D eigenvalue weighted by atomic mass is 9.81. The number of fused-ring (bicyclic) bond motifs is 9. The van der Waals surface area contributed by atoms with Crippen LogP contribution >= 0.6 is 0 Å². The maximum atomic E-state index is 8.38. The Morgan fingerprint density at radius 2 is 1.17 bits per heavy atom. The SMILES string of the molecule is [2H]c1ccc(N(c2ccc(C)cc2)c2ccc3cc4c5ccc(N(c6ccc([2H])cc6)c6ccc([Si](C)(C)C)cc6)c6c7c(n(c4cc3c2)c65)-c2ccccc2C7(C)C)cc1. The number of hydrogen-bond donors (Lipinski definition) is 0. The Kier molecular flexibility index (Phi) is 7.32. The van der Waals surface area contributed by atoms with E-state index in [0.717, 1.165) is 34.1 Å². The van der Waals surface area contributed by atoms with E-state index in [0.29, 0.717) is 12.1 Å². The van der Waals surface area contributed by atoms with E-state index < -0.39 is 8.07 Å². The summed E-state index contributed by atoms with van der Waals surface area (Å²) in [6, 6.07) is 59.9. The molecule has 2 aromatic heterocycles. The largest absolute Gasteiger partial charge is 0.310 e. The number of hydrogen-bond acceptors (Lipinski definition) is 2. The average Bonchev–Trinajstić information content (AvgIpc) is 3.85. The molecular weight excluding hydrogens is 731 g/mol. The summed E-state index contributed by atoms with van der Waals surface area (Å²) in [6.45, 7) is 14.1. The molecular formula is C55H47N3Si. The summed E-state index contributed by atoms with van der Waals surface area (Å²) >= 11 is 0. The molecule has 3 nitrogen and oxygen atoms in total. The second-order valence-electron chi connectivity index (χ2n) is 17.8. The Bertz CT molecular complexity index is 3280. The summed E-state index contributed by atoms with van der Waals surface area (Å²) in [5.41, 5.74) is 15.1. The van der Waals surface area contributed by atoms with Crippen molar-refractivity contribution in [1.82, 2.24) is 4.40 Å². The van der Waals surface area contributed by atoms with Crippen molar-refractivity contribution < 1.29 is 2.74 Å². The van der Waals surface area contributed by atoms with Gasteiger partial charge < -0.3 is 14.2 Å². The minimum absolute atomic E-state index is 0.258. The number of nitrogens with zero attached hydrogens (tertiary/aromatic N) is 3. The predicted octanol–water partition coefficient (Wildman–Crippen LogP) is 14.9. The van der Waals surface area contributed by atoms with Gasteiger partial charge in [-0.2, -0.15) is 0 Å². The highest BCUT2D eigenvalue weighted by molar-refractivity contribution is 6.88.